The molecule has 4 rings (SSSR count). The fourth-order valence-corrected chi connectivity index (χ4v) is 3.42. The minimum atomic E-state index is -0.367. The van der Waals surface area contributed by atoms with E-state index in [9.17, 15) is 9.59 Å². The van der Waals surface area contributed by atoms with Gasteiger partial charge >= 0.3 is 6.09 Å². The Bertz CT molecular complexity index is 1000. The minimum absolute atomic E-state index is 0.204. The van der Waals surface area contributed by atoms with Crippen LogP contribution in [0.1, 0.15) is 27.5 Å². The third-order valence-corrected chi connectivity index (χ3v) is 5.07. The summed E-state index contributed by atoms with van der Waals surface area (Å²) in [7, 11) is 0. The highest BCUT2D eigenvalue weighted by molar-refractivity contribution is 6.30. The predicted octanol–water partition coefficient (Wildman–Crippen LogP) is 4.82. The molecule has 1 atom stereocenters. The van der Waals surface area contributed by atoms with Gasteiger partial charge < -0.3 is 10.1 Å². The maximum absolute atomic E-state index is 12.9. The number of amides is 2. The van der Waals surface area contributed by atoms with Gasteiger partial charge in [0.1, 0.15) is 6.61 Å². The standard InChI is InChI=1S/C23H19ClN2O3/c24-19-10-6-17(7-11-19)21(16-4-2-1-3-5-16)25-22(27)18-8-12-20(13-9-18)26-14-15-29-23(26)28/h1-13,21H,14-15H2,(H,25,27). The number of nitrogens with zero attached hydrogens (tertiary/aromatic N) is 1. The highest BCUT2D eigenvalue weighted by Gasteiger charge is 2.24. The van der Waals surface area contributed by atoms with Crippen LogP contribution < -0.4 is 10.2 Å². The molecule has 2 amide bonds. The van der Waals surface area contributed by atoms with Crippen LogP contribution >= 0.6 is 11.6 Å². The second-order valence-corrected chi connectivity index (χ2v) is 7.12. The molecular weight excluding hydrogens is 388 g/mol. The molecule has 0 bridgehead atoms. The van der Waals surface area contributed by atoms with Crippen molar-refractivity contribution in [2.75, 3.05) is 18.1 Å². The van der Waals surface area contributed by atoms with Crippen molar-refractivity contribution in [3.05, 3.63) is 101 Å². The Morgan fingerprint density at radius 3 is 2.21 bits per heavy atom. The first-order chi connectivity index (χ1) is 14.1. The van der Waals surface area contributed by atoms with Gasteiger partial charge in [-0.15, -0.1) is 0 Å². The summed E-state index contributed by atoms with van der Waals surface area (Å²) in [6.45, 7) is 0.887. The summed E-state index contributed by atoms with van der Waals surface area (Å²) >= 11 is 6.02. The number of halogens is 1. The lowest BCUT2D eigenvalue weighted by Gasteiger charge is -2.20. The number of benzene rings is 3. The number of cyclic esters (lactones) is 1. The normalized spacial score (nSPS) is 14.4. The van der Waals surface area contributed by atoms with Gasteiger partial charge in [0.05, 0.1) is 12.6 Å². The Kier molecular flexibility index (Phi) is 5.49. The Morgan fingerprint density at radius 1 is 0.931 bits per heavy atom. The number of hydrogen-bond donors (Lipinski definition) is 1. The topological polar surface area (TPSA) is 58.6 Å². The summed E-state index contributed by atoms with van der Waals surface area (Å²) in [4.78, 5) is 26.2. The zero-order chi connectivity index (χ0) is 20.2. The third-order valence-electron chi connectivity index (χ3n) is 4.81. The lowest BCUT2D eigenvalue weighted by molar-refractivity contribution is 0.0943. The van der Waals surface area contributed by atoms with E-state index in [-0.39, 0.29) is 18.0 Å². The van der Waals surface area contributed by atoms with Gasteiger partial charge in [-0.2, -0.15) is 0 Å². The first kappa shape index (κ1) is 19.0. The molecule has 1 aliphatic heterocycles. The van der Waals surface area contributed by atoms with Gasteiger partial charge in [-0.1, -0.05) is 54.1 Å². The second kappa shape index (κ2) is 8.37. The summed E-state index contributed by atoms with van der Waals surface area (Å²) in [5.74, 6) is -0.204. The van der Waals surface area contributed by atoms with Crippen molar-refractivity contribution in [3.8, 4) is 0 Å². The molecule has 0 spiro atoms. The zero-order valence-corrected chi connectivity index (χ0v) is 16.3. The van der Waals surface area contributed by atoms with E-state index in [1.54, 1.807) is 29.2 Å². The molecule has 146 valence electrons. The number of anilines is 1. The van der Waals surface area contributed by atoms with E-state index in [2.05, 4.69) is 5.32 Å². The van der Waals surface area contributed by atoms with Gasteiger partial charge in [0.15, 0.2) is 0 Å². The van der Waals surface area contributed by atoms with Crippen LogP contribution in [0.4, 0.5) is 10.5 Å². The molecule has 1 heterocycles. The molecule has 1 aliphatic rings. The fraction of sp³-hybridized carbons (Fsp3) is 0.130. The van der Waals surface area contributed by atoms with Gasteiger partial charge in [0, 0.05) is 16.3 Å². The quantitative estimate of drug-likeness (QED) is 0.661. The first-order valence-electron chi connectivity index (χ1n) is 9.27. The van der Waals surface area contributed by atoms with Crippen molar-refractivity contribution in [3.63, 3.8) is 0 Å². The van der Waals surface area contributed by atoms with E-state index in [1.165, 1.54) is 0 Å². The highest BCUT2D eigenvalue weighted by atomic mass is 35.5. The summed E-state index contributed by atoms with van der Waals surface area (Å²) in [5.41, 5.74) is 3.13. The molecule has 0 saturated carbocycles. The fourth-order valence-electron chi connectivity index (χ4n) is 3.29. The Hall–Kier alpha value is -3.31. The van der Waals surface area contributed by atoms with Gasteiger partial charge in [-0.3, -0.25) is 9.69 Å². The Morgan fingerprint density at radius 2 is 1.59 bits per heavy atom. The molecule has 29 heavy (non-hydrogen) atoms. The number of carbonyl (C=O) groups is 2. The molecule has 0 aliphatic carbocycles. The predicted molar refractivity (Wildman–Crippen MR) is 112 cm³/mol. The minimum Gasteiger partial charge on any atom is -0.447 e. The highest BCUT2D eigenvalue weighted by Crippen LogP contribution is 2.25. The average Bonchev–Trinajstić information content (AvgIpc) is 3.19. The van der Waals surface area contributed by atoms with Crippen molar-refractivity contribution in [1.29, 1.82) is 0 Å². The van der Waals surface area contributed by atoms with E-state index in [0.717, 1.165) is 11.1 Å². The SMILES string of the molecule is O=C(NC(c1ccccc1)c1ccc(Cl)cc1)c1ccc(N2CCOC2=O)cc1. The van der Waals surface area contributed by atoms with Crippen LogP contribution in [0.5, 0.6) is 0 Å². The van der Waals surface area contributed by atoms with E-state index >= 15 is 0 Å². The maximum atomic E-state index is 12.9. The van der Waals surface area contributed by atoms with Crippen LogP contribution in [-0.4, -0.2) is 25.2 Å². The zero-order valence-electron chi connectivity index (χ0n) is 15.5. The van der Waals surface area contributed by atoms with E-state index < -0.39 is 0 Å². The molecule has 0 radical (unpaired) electrons. The van der Waals surface area contributed by atoms with Crippen LogP contribution in [0.3, 0.4) is 0 Å². The lowest BCUT2D eigenvalue weighted by Crippen LogP contribution is -2.29. The molecule has 1 N–H and O–H groups in total. The van der Waals surface area contributed by atoms with Crippen LogP contribution in [0.15, 0.2) is 78.9 Å². The molecule has 6 heteroatoms. The van der Waals surface area contributed by atoms with Crippen molar-refractivity contribution in [2.45, 2.75) is 6.04 Å². The van der Waals surface area contributed by atoms with Gasteiger partial charge in [0.25, 0.3) is 5.91 Å². The summed E-state index contributed by atoms with van der Waals surface area (Å²) in [5, 5.41) is 3.74. The van der Waals surface area contributed by atoms with Crippen molar-refractivity contribution >= 4 is 29.3 Å². The van der Waals surface area contributed by atoms with Crippen molar-refractivity contribution < 1.29 is 14.3 Å². The van der Waals surface area contributed by atoms with Crippen LogP contribution in [0.25, 0.3) is 0 Å². The third kappa shape index (κ3) is 4.25. The maximum Gasteiger partial charge on any atom is 0.414 e. The molecule has 5 nitrogen and oxygen atoms in total. The molecule has 3 aromatic rings. The number of hydrogen-bond acceptors (Lipinski definition) is 3. The number of nitrogens with one attached hydrogen (secondary N) is 1. The molecule has 0 aromatic heterocycles. The summed E-state index contributed by atoms with van der Waals surface area (Å²) in [6, 6.07) is 23.8. The van der Waals surface area contributed by atoms with Crippen LogP contribution in [0, 0.1) is 0 Å². The molecular formula is C23H19ClN2O3. The van der Waals surface area contributed by atoms with Crippen LogP contribution in [-0.2, 0) is 4.74 Å². The smallest absolute Gasteiger partial charge is 0.414 e. The van der Waals surface area contributed by atoms with Gasteiger partial charge in [-0.25, -0.2) is 4.79 Å². The number of ether oxygens (including phenoxy) is 1. The number of rotatable bonds is 5. The average molecular weight is 407 g/mol. The van der Waals surface area contributed by atoms with E-state index in [0.29, 0.717) is 29.4 Å². The largest absolute Gasteiger partial charge is 0.447 e. The van der Waals surface area contributed by atoms with Crippen LogP contribution in [0.2, 0.25) is 5.02 Å². The van der Waals surface area contributed by atoms with Crippen molar-refractivity contribution in [2.24, 2.45) is 0 Å². The molecule has 1 unspecified atom stereocenters. The second-order valence-electron chi connectivity index (χ2n) is 6.68. The molecule has 3 aromatic carbocycles. The lowest BCUT2D eigenvalue weighted by atomic mass is 9.98. The Labute approximate surface area is 173 Å². The summed E-state index contributed by atoms with van der Waals surface area (Å²) < 4.78 is 4.95. The van der Waals surface area contributed by atoms with Gasteiger partial charge in [0.2, 0.25) is 0 Å². The van der Waals surface area contributed by atoms with E-state index in [1.807, 2.05) is 54.6 Å². The monoisotopic (exact) mass is 406 g/mol. The van der Waals surface area contributed by atoms with E-state index in [4.69, 9.17) is 16.3 Å². The summed E-state index contributed by atoms with van der Waals surface area (Å²) in [6.07, 6.45) is -0.367. The molecule has 1 saturated heterocycles. The molecule has 1 fully saturated rings. The van der Waals surface area contributed by atoms with Gasteiger partial charge in [-0.05, 0) is 47.5 Å². The Balaban J connectivity index is 1.56. The number of carbonyl (C=O) groups excluding carboxylic acids is 2. The first-order valence-corrected chi connectivity index (χ1v) is 9.65. The van der Waals surface area contributed by atoms with Crippen molar-refractivity contribution in [1.82, 2.24) is 5.32 Å².